The van der Waals surface area contributed by atoms with Crippen LogP contribution in [0.2, 0.25) is 0 Å². The van der Waals surface area contributed by atoms with Crippen LogP contribution in [0.5, 0.6) is 11.5 Å². The van der Waals surface area contributed by atoms with Gasteiger partial charge in [0, 0.05) is 11.8 Å². The van der Waals surface area contributed by atoms with Crippen LogP contribution in [0.3, 0.4) is 0 Å². The summed E-state index contributed by atoms with van der Waals surface area (Å²) in [7, 11) is 3.21. The molecule has 0 saturated heterocycles. The minimum absolute atomic E-state index is 0.256. The lowest BCUT2D eigenvalue weighted by atomic mass is 10.1. The highest BCUT2D eigenvalue weighted by Gasteiger charge is 2.10. The fourth-order valence-corrected chi connectivity index (χ4v) is 2.68. The number of anilines is 3. The minimum Gasteiger partial charge on any atom is -0.497 e. The van der Waals surface area contributed by atoms with Gasteiger partial charge in [-0.3, -0.25) is 4.79 Å². The Morgan fingerprint density at radius 3 is 2.32 bits per heavy atom. The Morgan fingerprint density at radius 2 is 1.68 bits per heavy atom. The molecule has 2 N–H and O–H groups in total. The molecule has 0 aliphatic heterocycles. The molecule has 0 aliphatic carbocycles. The number of aromatic nitrogens is 1. The Balaban J connectivity index is 1.72. The van der Waals surface area contributed by atoms with Crippen LogP contribution < -0.4 is 20.1 Å². The van der Waals surface area contributed by atoms with Gasteiger partial charge in [-0.25, -0.2) is 4.98 Å². The zero-order valence-corrected chi connectivity index (χ0v) is 16.4. The SMILES string of the molecule is COc1ccc(OC)c(Nc2ccc(C(=O)Nc3ccc(C)c(C)c3)nc2)c1. The zero-order valence-electron chi connectivity index (χ0n) is 16.4. The Labute approximate surface area is 164 Å². The van der Waals surface area contributed by atoms with E-state index in [9.17, 15) is 4.79 Å². The number of amides is 1. The number of rotatable bonds is 6. The molecule has 1 heterocycles. The summed E-state index contributed by atoms with van der Waals surface area (Å²) in [6.45, 7) is 4.04. The van der Waals surface area contributed by atoms with Crippen LogP contribution >= 0.6 is 0 Å². The molecular formula is C22H23N3O3. The van der Waals surface area contributed by atoms with E-state index in [4.69, 9.17) is 9.47 Å². The molecule has 1 amide bonds. The highest BCUT2D eigenvalue weighted by Crippen LogP contribution is 2.31. The Bertz CT molecular complexity index is 985. The molecule has 3 aromatic rings. The average Bonchev–Trinajstić information content (AvgIpc) is 2.71. The minimum atomic E-state index is -0.256. The molecule has 2 aromatic carbocycles. The number of aryl methyl sites for hydroxylation is 2. The van der Waals surface area contributed by atoms with Crippen LogP contribution in [0.1, 0.15) is 21.6 Å². The predicted molar refractivity (Wildman–Crippen MR) is 111 cm³/mol. The van der Waals surface area contributed by atoms with Crippen molar-refractivity contribution >= 4 is 23.0 Å². The number of hydrogen-bond acceptors (Lipinski definition) is 5. The van der Waals surface area contributed by atoms with Gasteiger partial charge in [-0.1, -0.05) is 6.07 Å². The van der Waals surface area contributed by atoms with Gasteiger partial charge in [0.25, 0.3) is 5.91 Å². The molecule has 6 nitrogen and oxygen atoms in total. The van der Waals surface area contributed by atoms with Crippen LogP contribution in [-0.2, 0) is 0 Å². The summed E-state index contributed by atoms with van der Waals surface area (Å²) in [5.74, 6) is 1.13. The topological polar surface area (TPSA) is 72.5 Å². The van der Waals surface area contributed by atoms with Crippen molar-refractivity contribution in [2.75, 3.05) is 24.9 Å². The fourth-order valence-electron chi connectivity index (χ4n) is 2.68. The molecule has 6 heteroatoms. The van der Waals surface area contributed by atoms with Gasteiger partial charge in [-0.15, -0.1) is 0 Å². The molecule has 0 atom stereocenters. The monoisotopic (exact) mass is 377 g/mol. The van der Waals surface area contributed by atoms with E-state index in [0.29, 0.717) is 17.2 Å². The molecule has 0 aliphatic rings. The van der Waals surface area contributed by atoms with E-state index in [1.165, 1.54) is 5.56 Å². The molecule has 0 unspecified atom stereocenters. The average molecular weight is 377 g/mol. The number of benzene rings is 2. The first-order valence-corrected chi connectivity index (χ1v) is 8.84. The van der Waals surface area contributed by atoms with Gasteiger partial charge < -0.3 is 20.1 Å². The molecule has 1 aromatic heterocycles. The van der Waals surface area contributed by atoms with E-state index in [-0.39, 0.29) is 5.91 Å². The fraction of sp³-hybridized carbons (Fsp3) is 0.182. The predicted octanol–water partition coefficient (Wildman–Crippen LogP) is 4.71. The van der Waals surface area contributed by atoms with Gasteiger partial charge in [0.2, 0.25) is 0 Å². The lowest BCUT2D eigenvalue weighted by Gasteiger charge is -2.13. The lowest BCUT2D eigenvalue weighted by molar-refractivity contribution is 0.102. The maximum absolute atomic E-state index is 12.4. The normalized spacial score (nSPS) is 10.3. The summed E-state index contributed by atoms with van der Waals surface area (Å²) >= 11 is 0. The van der Waals surface area contributed by atoms with Crippen LogP contribution in [0.25, 0.3) is 0 Å². The van der Waals surface area contributed by atoms with Gasteiger partial charge in [0.15, 0.2) is 0 Å². The van der Waals surface area contributed by atoms with Crippen molar-refractivity contribution in [3.63, 3.8) is 0 Å². The molecule has 0 radical (unpaired) electrons. The molecule has 144 valence electrons. The Hall–Kier alpha value is -3.54. The van der Waals surface area contributed by atoms with Crippen molar-refractivity contribution in [1.82, 2.24) is 4.98 Å². The van der Waals surface area contributed by atoms with Crippen molar-refractivity contribution in [2.45, 2.75) is 13.8 Å². The number of nitrogens with one attached hydrogen (secondary N) is 2. The summed E-state index contributed by atoms with van der Waals surface area (Å²) < 4.78 is 10.6. The van der Waals surface area contributed by atoms with Crippen LogP contribution in [0.15, 0.2) is 54.7 Å². The van der Waals surface area contributed by atoms with Crippen LogP contribution in [-0.4, -0.2) is 25.1 Å². The van der Waals surface area contributed by atoms with E-state index in [0.717, 1.165) is 22.6 Å². The van der Waals surface area contributed by atoms with Crippen molar-refractivity contribution in [3.05, 3.63) is 71.5 Å². The van der Waals surface area contributed by atoms with E-state index < -0.39 is 0 Å². The quantitative estimate of drug-likeness (QED) is 0.651. The number of carbonyl (C=O) groups is 1. The lowest BCUT2D eigenvalue weighted by Crippen LogP contribution is -2.13. The summed E-state index contributed by atoms with van der Waals surface area (Å²) in [6.07, 6.45) is 1.61. The second kappa shape index (κ2) is 8.43. The number of methoxy groups -OCH3 is 2. The smallest absolute Gasteiger partial charge is 0.274 e. The standard InChI is InChI=1S/C22H23N3O3/c1-14-5-6-16(11-15(14)2)25-22(26)19-9-7-17(13-23-19)24-20-12-18(27-3)8-10-21(20)28-4/h5-13,24H,1-4H3,(H,25,26). The molecule has 3 rings (SSSR count). The Morgan fingerprint density at radius 1 is 0.893 bits per heavy atom. The number of nitrogens with zero attached hydrogens (tertiary/aromatic N) is 1. The summed E-state index contributed by atoms with van der Waals surface area (Å²) in [6, 6.07) is 14.7. The van der Waals surface area contributed by atoms with Gasteiger partial charge in [0.05, 0.1) is 31.8 Å². The largest absolute Gasteiger partial charge is 0.497 e. The number of carbonyl (C=O) groups excluding carboxylic acids is 1. The molecule has 0 fully saturated rings. The van der Waals surface area contributed by atoms with Crippen molar-refractivity contribution in [3.8, 4) is 11.5 Å². The summed E-state index contributed by atoms with van der Waals surface area (Å²) in [4.78, 5) is 16.7. The van der Waals surface area contributed by atoms with E-state index in [1.54, 1.807) is 32.5 Å². The first-order chi connectivity index (χ1) is 13.5. The van der Waals surface area contributed by atoms with E-state index >= 15 is 0 Å². The first kappa shape index (κ1) is 19.2. The summed E-state index contributed by atoms with van der Waals surface area (Å²) in [5.41, 5.74) is 4.86. The number of pyridine rings is 1. The van der Waals surface area contributed by atoms with Gasteiger partial charge in [0.1, 0.15) is 17.2 Å². The van der Waals surface area contributed by atoms with Gasteiger partial charge >= 0.3 is 0 Å². The maximum Gasteiger partial charge on any atom is 0.274 e. The highest BCUT2D eigenvalue weighted by atomic mass is 16.5. The maximum atomic E-state index is 12.4. The van der Waals surface area contributed by atoms with Crippen molar-refractivity contribution < 1.29 is 14.3 Å². The second-order valence-corrected chi connectivity index (χ2v) is 6.38. The van der Waals surface area contributed by atoms with Crippen molar-refractivity contribution in [2.24, 2.45) is 0 Å². The van der Waals surface area contributed by atoms with Gasteiger partial charge in [-0.2, -0.15) is 0 Å². The van der Waals surface area contributed by atoms with Crippen LogP contribution in [0.4, 0.5) is 17.1 Å². The van der Waals surface area contributed by atoms with Gasteiger partial charge in [-0.05, 0) is 61.4 Å². The third-order valence-electron chi connectivity index (χ3n) is 4.45. The number of ether oxygens (including phenoxy) is 2. The third kappa shape index (κ3) is 4.40. The molecule has 28 heavy (non-hydrogen) atoms. The van der Waals surface area contributed by atoms with E-state index in [1.807, 2.05) is 50.2 Å². The third-order valence-corrected chi connectivity index (χ3v) is 4.45. The van der Waals surface area contributed by atoms with Crippen LogP contribution in [0, 0.1) is 13.8 Å². The highest BCUT2D eigenvalue weighted by molar-refractivity contribution is 6.03. The molecule has 0 spiro atoms. The molecule has 0 bridgehead atoms. The second-order valence-electron chi connectivity index (χ2n) is 6.38. The first-order valence-electron chi connectivity index (χ1n) is 8.84. The summed E-state index contributed by atoms with van der Waals surface area (Å²) in [5, 5.41) is 6.10. The Kier molecular flexibility index (Phi) is 5.79. The number of hydrogen-bond donors (Lipinski definition) is 2. The van der Waals surface area contributed by atoms with E-state index in [2.05, 4.69) is 15.6 Å². The molecule has 0 saturated carbocycles. The van der Waals surface area contributed by atoms with Crippen molar-refractivity contribution in [1.29, 1.82) is 0 Å². The zero-order chi connectivity index (χ0) is 20.1. The molecular weight excluding hydrogens is 354 g/mol.